The topological polar surface area (TPSA) is 81.3 Å². The molecule has 1 N–H and O–H groups in total. The number of allylic oxidation sites excluding steroid dienone is 3. The fraction of sp³-hybridized carbons (Fsp3) is 0.429. The van der Waals surface area contributed by atoms with Crippen LogP contribution in [0.15, 0.2) is 71.5 Å². The molecule has 7 heteroatoms. The van der Waals surface area contributed by atoms with Crippen LogP contribution >= 0.6 is 0 Å². The van der Waals surface area contributed by atoms with Gasteiger partial charge in [-0.05, 0) is 104 Å². The zero-order valence-corrected chi connectivity index (χ0v) is 24.7. The van der Waals surface area contributed by atoms with Crippen LogP contribution in [0.4, 0.5) is 5.69 Å². The van der Waals surface area contributed by atoms with Crippen LogP contribution in [-0.4, -0.2) is 55.0 Å². The van der Waals surface area contributed by atoms with Crippen molar-refractivity contribution in [3.63, 3.8) is 0 Å². The fourth-order valence-corrected chi connectivity index (χ4v) is 6.00. The molecular weight excluding hydrogens is 524 g/mol. The first-order chi connectivity index (χ1) is 20.7. The SMILES string of the molecule is CCOc1ccc(CCCCN2C(=NC/C=C\C=C/CC#N)O/C(=C/c3cc4c5c(c3)CCCN5CCC4)C2O)cc1. The molecule has 2 aromatic carbocycles. The number of amidine groups is 1. The summed E-state index contributed by atoms with van der Waals surface area (Å²) in [6, 6.07) is 15.4. The summed E-state index contributed by atoms with van der Waals surface area (Å²) in [5.74, 6) is 1.42. The van der Waals surface area contributed by atoms with Gasteiger partial charge in [0.1, 0.15) is 5.75 Å². The number of rotatable bonds is 12. The summed E-state index contributed by atoms with van der Waals surface area (Å²) in [4.78, 5) is 9.07. The van der Waals surface area contributed by atoms with Crippen molar-refractivity contribution in [1.29, 1.82) is 5.26 Å². The Morgan fingerprint density at radius 2 is 1.81 bits per heavy atom. The number of aliphatic hydroxyl groups excluding tert-OH is 1. The first-order valence-electron chi connectivity index (χ1n) is 15.4. The lowest BCUT2D eigenvalue weighted by molar-refractivity contribution is 0.0939. The van der Waals surface area contributed by atoms with Crippen LogP contribution in [0.1, 0.15) is 61.3 Å². The molecule has 0 radical (unpaired) electrons. The lowest BCUT2D eigenvalue weighted by Crippen LogP contribution is -2.34. The van der Waals surface area contributed by atoms with Crippen molar-refractivity contribution in [2.45, 2.75) is 64.5 Å². The van der Waals surface area contributed by atoms with E-state index in [0.29, 0.717) is 37.9 Å². The van der Waals surface area contributed by atoms with Gasteiger partial charge in [-0.3, -0.25) is 4.90 Å². The Labute approximate surface area is 250 Å². The summed E-state index contributed by atoms with van der Waals surface area (Å²) in [5, 5.41) is 20.0. The molecule has 1 saturated heterocycles. The standard InChI is InChI=1S/C35H42N4O3/c1-2-41-31-17-15-27(16-18-31)12-6-9-23-39-34(40)32(42-35(39)37-20-8-5-3-4-7-19-36)26-28-24-29-13-10-21-38-22-11-14-30(25-28)33(29)38/h3-5,8,15-18,24-26,34,40H,2,6-7,9-14,20-23H2,1H3/b4-3-,8-5-,32-26+,37-35?. The van der Waals surface area contributed by atoms with Gasteiger partial charge in [-0.2, -0.15) is 5.26 Å². The van der Waals surface area contributed by atoms with E-state index in [1.807, 2.05) is 54.3 Å². The third-order valence-corrected chi connectivity index (χ3v) is 7.94. The Morgan fingerprint density at radius 1 is 1.07 bits per heavy atom. The maximum absolute atomic E-state index is 11.4. The number of aliphatic imine (C=N–C) groups is 1. The monoisotopic (exact) mass is 566 g/mol. The molecule has 42 heavy (non-hydrogen) atoms. The third kappa shape index (κ3) is 7.43. The summed E-state index contributed by atoms with van der Waals surface area (Å²) >= 11 is 0. The second-order valence-electron chi connectivity index (χ2n) is 11.0. The minimum atomic E-state index is -0.877. The number of ether oxygens (including phenoxy) is 2. The van der Waals surface area contributed by atoms with Crippen LogP contribution in [0.5, 0.6) is 5.75 Å². The Morgan fingerprint density at radius 3 is 2.52 bits per heavy atom. The quantitative estimate of drug-likeness (QED) is 0.244. The average molecular weight is 567 g/mol. The molecule has 0 spiro atoms. The summed E-state index contributed by atoms with van der Waals surface area (Å²) in [7, 11) is 0. The number of anilines is 1. The van der Waals surface area contributed by atoms with E-state index < -0.39 is 6.23 Å². The van der Waals surface area contributed by atoms with Crippen LogP contribution in [0.2, 0.25) is 0 Å². The summed E-state index contributed by atoms with van der Waals surface area (Å²) in [5.41, 5.74) is 6.62. The van der Waals surface area contributed by atoms with Crippen LogP contribution < -0.4 is 9.64 Å². The number of benzene rings is 2. The number of hydrogen-bond acceptors (Lipinski definition) is 6. The second kappa shape index (κ2) is 14.7. The van der Waals surface area contributed by atoms with E-state index in [-0.39, 0.29) is 0 Å². The molecule has 0 amide bonds. The van der Waals surface area contributed by atoms with Gasteiger partial charge in [-0.1, -0.05) is 36.4 Å². The van der Waals surface area contributed by atoms with Crippen molar-refractivity contribution in [2.75, 3.05) is 37.7 Å². The predicted octanol–water partition coefficient (Wildman–Crippen LogP) is 6.18. The van der Waals surface area contributed by atoms with Gasteiger partial charge in [-0.25, -0.2) is 4.99 Å². The van der Waals surface area contributed by atoms with Crippen LogP contribution in [0, 0.1) is 11.3 Å². The molecule has 7 nitrogen and oxygen atoms in total. The Kier molecular flexibility index (Phi) is 10.3. The van der Waals surface area contributed by atoms with E-state index in [1.54, 1.807) is 0 Å². The van der Waals surface area contributed by atoms with Gasteiger partial charge in [0.15, 0.2) is 12.0 Å². The number of unbranched alkanes of at least 4 members (excludes halogenated alkanes) is 1. The molecule has 0 aromatic heterocycles. The van der Waals surface area contributed by atoms with Crippen molar-refractivity contribution in [3.8, 4) is 11.8 Å². The van der Waals surface area contributed by atoms with Crippen molar-refractivity contribution in [1.82, 2.24) is 4.90 Å². The lowest BCUT2D eigenvalue weighted by Gasteiger charge is -2.37. The first kappa shape index (κ1) is 29.5. The summed E-state index contributed by atoms with van der Waals surface area (Å²) < 4.78 is 11.8. The Balaban J connectivity index is 1.28. The Bertz CT molecular complexity index is 1340. The number of aryl methyl sites for hydroxylation is 3. The predicted molar refractivity (Wildman–Crippen MR) is 168 cm³/mol. The molecule has 0 aliphatic carbocycles. The normalized spacial score (nSPS) is 20.0. The van der Waals surface area contributed by atoms with Gasteiger partial charge < -0.3 is 19.5 Å². The zero-order valence-electron chi connectivity index (χ0n) is 24.7. The molecular formula is C35H42N4O3. The smallest absolute Gasteiger partial charge is 0.295 e. The summed E-state index contributed by atoms with van der Waals surface area (Å²) in [6.07, 6.45) is 16.4. The van der Waals surface area contributed by atoms with Crippen molar-refractivity contribution in [2.24, 2.45) is 4.99 Å². The van der Waals surface area contributed by atoms with E-state index in [1.165, 1.54) is 35.2 Å². The lowest BCUT2D eigenvalue weighted by atomic mass is 9.90. The van der Waals surface area contributed by atoms with Crippen molar-refractivity contribution >= 4 is 17.8 Å². The molecule has 1 unspecified atom stereocenters. The first-order valence-corrected chi connectivity index (χ1v) is 15.4. The van der Waals surface area contributed by atoms with Crippen LogP contribution in [0.25, 0.3) is 6.08 Å². The highest BCUT2D eigenvalue weighted by atomic mass is 16.5. The molecule has 5 rings (SSSR count). The molecule has 0 saturated carbocycles. The van der Waals surface area contributed by atoms with Gasteiger partial charge in [-0.15, -0.1) is 0 Å². The van der Waals surface area contributed by atoms with Crippen molar-refractivity contribution in [3.05, 3.63) is 88.7 Å². The van der Waals surface area contributed by atoms with Gasteiger partial charge in [0.25, 0.3) is 6.02 Å². The maximum Gasteiger partial charge on any atom is 0.295 e. The van der Waals surface area contributed by atoms with Gasteiger partial charge in [0.2, 0.25) is 0 Å². The van der Waals surface area contributed by atoms with Crippen LogP contribution in [-0.2, 0) is 24.0 Å². The largest absolute Gasteiger partial charge is 0.494 e. The van der Waals surface area contributed by atoms with E-state index in [4.69, 9.17) is 14.7 Å². The van der Waals surface area contributed by atoms with Gasteiger partial charge in [0.05, 0.1) is 25.6 Å². The highest BCUT2D eigenvalue weighted by Crippen LogP contribution is 2.37. The zero-order chi connectivity index (χ0) is 29.1. The molecule has 2 aromatic rings. The minimum Gasteiger partial charge on any atom is -0.494 e. The third-order valence-electron chi connectivity index (χ3n) is 7.94. The number of nitriles is 1. The van der Waals surface area contributed by atoms with E-state index in [9.17, 15) is 5.11 Å². The minimum absolute atomic E-state index is 0.384. The van der Waals surface area contributed by atoms with Gasteiger partial charge in [0, 0.05) is 25.3 Å². The van der Waals surface area contributed by atoms with E-state index in [2.05, 4.69) is 40.2 Å². The van der Waals surface area contributed by atoms with Crippen molar-refractivity contribution < 1.29 is 14.6 Å². The van der Waals surface area contributed by atoms with E-state index >= 15 is 0 Å². The number of aliphatic hydroxyl groups is 1. The van der Waals surface area contributed by atoms with Crippen LogP contribution in [0.3, 0.4) is 0 Å². The van der Waals surface area contributed by atoms with Gasteiger partial charge >= 0.3 is 0 Å². The molecule has 220 valence electrons. The van der Waals surface area contributed by atoms with E-state index in [0.717, 1.165) is 56.5 Å². The molecule has 3 heterocycles. The number of hydrogen-bond donors (Lipinski definition) is 1. The number of nitrogens with zero attached hydrogens (tertiary/aromatic N) is 4. The highest BCUT2D eigenvalue weighted by Gasteiger charge is 2.34. The molecule has 0 bridgehead atoms. The Hall–Kier alpha value is -4.02. The fourth-order valence-electron chi connectivity index (χ4n) is 6.00. The maximum atomic E-state index is 11.4. The summed E-state index contributed by atoms with van der Waals surface area (Å²) in [6.45, 7) is 6.03. The second-order valence-corrected chi connectivity index (χ2v) is 11.0. The molecule has 1 fully saturated rings. The average Bonchev–Trinajstić information content (AvgIpc) is 3.29. The molecule has 3 aliphatic rings. The molecule has 1 atom stereocenters. The molecule has 3 aliphatic heterocycles. The highest BCUT2D eigenvalue weighted by molar-refractivity contribution is 5.80.